The molecule has 2 aromatic rings. The summed E-state index contributed by atoms with van der Waals surface area (Å²) in [6.45, 7) is 0. The van der Waals surface area contributed by atoms with Crippen molar-refractivity contribution in [3.63, 3.8) is 0 Å². The van der Waals surface area contributed by atoms with Crippen LogP contribution >= 0.6 is 54.5 Å². The van der Waals surface area contributed by atoms with E-state index < -0.39 is 0 Å². The van der Waals surface area contributed by atoms with E-state index in [1.165, 1.54) is 0 Å². The molecule has 2 rings (SSSR count). The molecule has 0 radical (unpaired) electrons. The van der Waals surface area contributed by atoms with Gasteiger partial charge in [-0.2, -0.15) is 5.26 Å². The van der Waals surface area contributed by atoms with E-state index in [4.69, 9.17) is 5.26 Å². The van der Waals surface area contributed by atoms with Crippen molar-refractivity contribution in [1.82, 2.24) is 0 Å². The van der Waals surface area contributed by atoms with Gasteiger partial charge in [0.2, 0.25) is 0 Å². The summed E-state index contributed by atoms with van der Waals surface area (Å²) in [7, 11) is 0. The highest BCUT2D eigenvalue weighted by Gasteiger charge is 2.05. The molecule has 0 fully saturated rings. The lowest BCUT2D eigenvalue weighted by atomic mass is 10.2. The van der Waals surface area contributed by atoms with Crippen LogP contribution in [0.4, 0.5) is 11.4 Å². The maximum absolute atomic E-state index is 8.82. The van der Waals surface area contributed by atoms with Crippen LogP contribution in [0.25, 0.3) is 0 Å². The number of rotatable bonds is 2. The molecule has 0 bridgehead atoms. The zero-order valence-electron chi connectivity index (χ0n) is 9.05. The number of halogens is 3. The predicted molar refractivity (Wildman–Crippen MR) is 89.0 cm³/mol. The maximum Gasteiger partial charge on any atom is 0.0992 e. The first-order chi connectivity index (χ1) is 8.60. The van der Waals surface area contributed by atoms with Crippen LogP contribution in [-0.2, 0) is 0 Å². The highest BCUT2D eigenvalue weighted by molar-refractivity contribution is 14.1. The van der Waals surface area contributed by atoms with E-state index in [0.29, 0.717) is 5.56 Å². The van der Waals surface area contributed by atoms with E-state index in [-0.39, 0.29) is 0 Å². The Bertz CT molecular complexity index is 635. The number of nitrogens with zero attached hydrogens (tertiary/aromatic N) is 1. The minimum Gasteiger partial charge on any atom is -0.354 e. The molecule has 2 nitrogen and oxygen atoms in total. The molecule has 0 saturated carbocycles. The van der Waals surface area contributed by atoms with Gasteiger partial charge in [0.05, 0.1) is 23.0 Å². The number of hydrogen-bond acceptors (Lipinski definition) is 2. The van der Waals surface area contributed by atoms with Gasteiger partial charge in [-0.25, -0.2) is 0 Å². The zero-order valence-corrected chi connectivity index (χ0v) is 14.4. The van der Waals surface area contributed by atoms with Crippen molar-refractivity contribution in [3.05, 3.63) is 54.5 Å². The number of nitrogens with one attached hydrogen (secondary N) is 1. The third-order valence-electron chi connectivity index (χ3n) is 2.30. The van der Waals surface area contributed by atoms with E-state index >= 15 is 0 Å². The smallest absolute Gasteiger partial charge is 0.0992 e. The lowest BCUT2D eigenvalue weighted by Gasteiger charge is -2.11. The van der Waals surface area contributed by atoms with Crippen LogP contribution in [0.1, 0.15) is 5.56 Å². The van der Waals surface area contributed by atoms with Crippen molar-refractivity contribution in [1.29, 1.82) is 5.26 Å². The van der Waals surface area contributed by atoms with Crippen molar-refractivity contribution in [2.75, 3.05) is 5.32 Å². The van der Waals surface area contributed by atoms with Gasteiger partial charge in [0.1, 0.15) is 0 Å². The lowest BCUT2D eigenvalue weighted by molar-refractivity contribution is 1.45. The minimum atomic E-state index is 0.633. The quantitative estimate of drug-likeness (QED) is 0.585. The highest BCUT2D eigenvalue weighted by Crippen LogP contribution is 2.31. The topological polar surface area (TPSA) is 35.8 Å². The Morgan fingerprint density at radius 1 is 1.00 bits per heavy atom. The zero-order chi connectivity index (χ0) is 13.1. The first-order valence-corrected chi connectivity index (χ1v) is 7.68. The third kappa shape index (κ3) is 3.25. The summed E-state index contributed by atoms with van der Waals surface area (Å²) in [5, 5.41) is 12.1. The van der Waals surface area contributed by atoms with Gasteiger partial charge < -0.3 is 5.32 Å². The molecule has 0 spiro atoms. The van der Waals surface area contributed by atoms with Crippen LogP contribution in [0, 0.1) is 14.9 Å². The van der Waals surface area contributed by atoms with Gasteiger partial charge >= 0.3 is 0 Å². The van der Waals surface area contributed by atoms with Gasteiger partial charge in [-0.15, -0.1) is 0 Å². The second-order valence-electron chi connectivity index (χ2n) is 3.56. The molecular weight excluding hydrogens is 471 g/mol. The molecule has 0 aliphatic heterocycles. The van der Waals surface area contributed by atoms with E-state index in [9.17, 15) is 0 Å². The fourth-order valence-electron chi connectivity index (χ4n) is 1.42. The van der Waals surface area contributed by atoms with Gasteiger partial charge in [0.25, 0.3) is 0 Å². The number of hydrogen-bond donors (Lipinski definition) is 1. The van der Waals surface area contributed by atoms with Crippen molar-refractivity contribution in [2.24, 2.45) is 0 Å². The Hall–Kier alpha value is -0.580. The first kappa shape index (κ1) is 13.8. The van der Waals surface area contributed by atoms with Gasteiger partial charge in [-0.05, 0) is 90.8 Å². The fourth-order valence-corrected chi connectivity index (χ4v) is 2.74. The van der Waals surface area contributed by atoms with E-state index in [0.717, 1.165) is 23.9 Å². The van der Waals surface area contributed by atoms with Gasteiger partial charge in [0.15, 0.2) is 0 Å². The molecule has 90 valence electrons. The minimum absolute atomic E-state index is 0.633. The molecule has 0 saturated heterocycles. The van der Waals surface area contributed by atoms with E-state index in [1.807, 2.05) is 18.2 Å². The second kappa shape index (κ2) is 6.04. The summed E-state index contributed by atoms with van der Waals surface area (Å²) in [6.07, 6.45) is 0. The fraction of sp³-hybridized carbons (Fsp3) is 0. The molecule has 18 heavy (non-hydrogen) atoms. The molecule has 0 heterocycles. The molecule has 0 aromatic heterocycles. The summed E-state index contributed by atoms with van der Waals surface area (Å²) in [5.41, 5.74) is 2.55. The van der Waals surface area contributed by atoms with Crippen LogP contribution in [0.2, 0.25) is 0 Å². The van der Waals surface area contributed by atoms with Crippen molar-refractivity contribution < 1.29 is 0 Å². The predicted octanol–water partition coefficient (Wildman–Crippen LogP) is 5.43. The molecule has 0 atom stereocenters. The Kier molecular flexibility index (Phi) is 4.65. The number of nitriles is 1. The van der Waals surface area contributed by atoms with Crippen LogP contribution in [0.15, 0.2) is 45.3 Å². The summed E-state index contributed by atoms with van der Waals surface area (Å²) in [5.74, 6) is 0. The molecule has 2 aromatic carbocycles. The molecule has 0 aliphatic rings. The number of benzene rings is 2. The third-order valence-corrected chi connectivity index (χ3v) is 4.31. The van der Waals surface area contributed by atoms with Gasteiger partial charge in [-0.1, -0.05) is 0 Å². The SMILES string of the molecule is N#Cc1ccc(Nc2cc(I)ccc2Br)c(Br)c1. The Morgan fingerprint density at radius 3 is 2.44 bits per heavy atom. The molecule has 1 N–H and O–H groups in total. The highest BCUT2D eigenvalue weighted by atomic mass is 127. The number of anilines is 2. The van der Waals surface area contributed by atoms with Crippen LogP contribution in [0.5, 0.6) is 0 Å². The second-order valence-corrected chi connectivity index (χ2v) is 6.51. The molecule has 5 heteroatoms. The first-order valence-electron chi connectivity index (χ1n) is 5.02. The summed E-state index contributed by atoms with van der Waals surface area (Å²) >= 11 is 9.23. The molecule has 0 unspecified atom stereocenters. The molecular formula is C13H7Br2IN2. The van der Waals surface area contributed by atoms with Crippen molar-refractivity contribution in [2.45, 2.75) is 0 Å². The maximum atomic E-state index is 8.82. The lowest BCUT2D eigenvalue weighted by Crippen LogP contribution is -1.93. The molecule has 0 amide bonds. The standard InChI is InChI=1S/C13H7Br2IN2/c14-10-3-2-9(16)6-13(10)18-12-4-1-8(7-17)5-11(12)15/h1-6,18H. The summed E-state index contributed by atoms with van der Waals surface area (Å²) in [4.78, 5) is 0. The average Bonchev–Trinajstić information content (AvgIpc) is 2.36. The van der Waals surface area contributed by atoms with E-state index in [2.05, 4.69) is 71.9 Å². The van der Waals surface area contributed by atoms with E-state index in [1.54, 1.807) is 12.1 Å². The Labute approximate surface area is 136 Å². The van der Waals surface area contributed by atoms with Crippen LogP contribution in [-0.4, -0.2) is 0 Å². The van der Waals surface area contributed by atoms with Gasteiger partial charge in [0, 0.05) is 12.5 Å². The van der Waals surface area contributed by atoms with Gasteiger partial charge in [-0.3, -0.25) is 0 Å². The Morgan fingerprint density at radius 2 is 1.78 bits per heavy atom. The monoisotopic (exact) mass is 476 g/mol. The van der Waals surface area contributed by atoms with Crippen LogP contribution < -0.4 is 5.32 Å². The largest absolute Gasteiger partial charge is 0.354 e. The van der Waals surface area contributed by atoms with Crippen LogP contribution in [0.3, 0.4) is 0 Å². The summed E-state index contributed by atoms with van der Waals surface area (Å²) in [6, 6.07) is 13.7. The average molecular weight is 478 g/mol. The molecule has 0 aliphatic carbocycles. The normalized spacial score (nSPS) is 9.89. The Balaban J connectivity index is 2.34. The van der Waals surface area contributed by atoms with Crippen molar-refractivity contribution >= 4 is 65.8 Å². The van der Waals surface area contributed by atoms with Crippen molar-refractivity contribution in [3.8, 4) is 6.07 Å². The summed E-state index contributed by atoms with van der Waals surface area (Å²) < 4.78 is 3.02.